The molecule has 0 spiro atoms. The molecule has 0 saturated carbocycles. The van der Waals surface area contributed by atoms with Crippen molar-refractivity contribution in [2.24, 2.45) is 7.05 Å². The second kappa shape index (κ2) is 6.28. The van der Waals surface area contributed by atoms with Crippen LogP contribution in [0.4, 0.5) is 37.8 Å². The number of aryl methyl sites for hydroxylation is 1. The highest BCUT2D eigenvalue weighted by atomic mass is 19.4. The standard InChI is InChI=1S/C15H11F6N5O/c1-26-11-9(24-13(26)15(19,20)21)23-10(12(25-11)27-2)22-8-5-3-7(4-6-8)14(16,17)18/h3-6H,1-2H3,(H,22,23). The molecular formula is C15H11F6N5O. The van der Waals surface area contributed by atoms with Gasteiger partial charge < -0.3 is 14.6 Å². The second-order valence-corrected chi connectivity index (χ2v) is 5.42. The number of imidazole rings is 1. The van der Waals surface area contributed by atoms with E-state index in [-0.39, 0.29) is 28.7 Å². The third-order valence-corrected chi connectivity index (χ3v) is 3.60. The van der Waals surface area contributed by atoms with Crippen molar-refractivity contribution in [3.63, 3.8) is 0 Å². The van der Waals surface area contributed by atoms with Crippen molar-refractivity contribution >= 4 is 22.8 Å². The number of methoxy groups -OCH3 is 1. The predicted molar refractivity (Wildman–Crippen MR) is 82.6 cm³/mol. The number of ether oxygens (including phenoxy) is 1. The molecule has 0 amide bonds. The molecule has 0 bridgehead atoms. The van der Waals surface area contributed by atoms with Gasteiger partial charge in [-0.1, -0.05) is 0 Å². The molecule has 2 heterocycles. The first-order valence-electron chi connectivity index (χ1n) is 7.30. The van der Waals surface area contributed by atoms with Crippen LogP contribution in [0.2, 0.25) is 0 Å². The summed E-state index contributed by atoms with van der Waals surface area (Å²) >= 11 is 0. The lowest BCUT2D eigenvalue weighted by atomic mass is 10.2. The Balaban J connectivity index is 2.01. The minimum atomic E-state index is -4.70. The molecule has 12 heteroatoms. The number of hydrogen-bond acceptors (Lipinski definition) is 5. The minimum absolute atomic E-state index is 0.0865. The molecule has 27 heavy (non-hydrogen) atoms. The Bertz CT molecular complexity index is 978. The van der Waals surface area contributed by atoms with E-state index in [0.717, 1.165) is 35.9 Å². The third-order valence-electron chi connectivity index (χ3n) is 3.60. The van der Waals surface area contributed by atoms with E-state index in [1.54, 1.807) is 0 Å². The summed E-state index contributed by atoms with van der Waals surface area (Å²) in [5.41, 5.74) is -1.08. The van der Waals surface area contributed by atoms with Gasteiger partial charge in [-0.05, 0) is 24.3 Å². The van der Waals surface area contributed by atoms with Crippen LogP contribution in [0.3, 0.4) is 0 Å². The van der Waals surface area contributed by atoms with E-state index >= 15 is 0 Å². The lowest BCUT2D eigenvalue weighted by Gasteiger charge is -2.11. The first-order chi connectivity index (χ1) is 12.5. The van der Waals surface area contributed by atoms with Gasteiger partial charge in [-0.15, -0.1) is 0 Å². The fourth-order valence-electron chi connectivity index (χ4n) is 2.34. The molecular weight excluding hydrogens is 380 g/mol. The maximum atomic E-state index is 13.0. The van der Waals surface area contributed by atoms with Crippen molar-refractivity contribution in [3.05, 3.63) is 35.7 Å². The molecule has 1 N–H and O–H groups in total. The van der Waals surface area contributed by atoms with E-state index in [1.165, 1.54) is 7.11 Å². The zero-order valence-corrected chi connectivity index (χ0v) is 13.8. The number of benzene rings is 1. The van der Waals surface area contributed by atoms with Crippen molar-refractivity contribution < 1.29 is 31.1 Å². The van der Waals surface area contributed by atoms with Crippen LogP contribution in [-0.2, 0) is 19.4 Å². The molecule has 0 aliphatic heterocycles. The van der Waals surface area contributed by atoms with Crippen LogP contribution < -0.4 is 10.1 Å². The van der Waals surface area contributed by atoms with E-state index < -0.39 is 23.7 Å². The molecule has 2 aromatic heterocycles. The van der Waals surface area contributed by atoms with Gasteiger partial charge >= 0.3 is 12.4 Å². The van der Waals surface area contributed by atoms with Gasteiger partial charge in [-0.2, -0.15) is 31.3 Å². The molecule has 0 unspecified atom stereocenters. The number of nitrogens with one attached hydrogen (secondary N) is 1. The lowest BCUT2D eigenvalue weighted by Crippen LogP contribution is -2.12. The molecule has 0 radical (unpaired) electrons. The maximum Gasteiger partial charge on any atom is 0.449 e. The Morgan fingerprint density at radius 3 is 2.07 bits per heavy atom. The summed E-state index contributed by atoms with van der Waals surface area (Å²) in [6.07, 6.45) is -9.19. The molecule has 1 aromatic carbocycles. The Kier molecular flexibility index (Phi) is 4.36. The third kappa shape index (κ3) is 3.59. The highest BCUT2D eigenvalue weighted by Gasteiger charge is 2.37. The van der Waals surface area contributed by atoms with E-state index in [0.29, 0.717) is 0 Å². The molecule has 0 aliphatic rings. The van der Waals surface area contributed by atoms with Gasteiger partial charge in [0.2, 0.25) is 5.82 Å². The van der Waals surface area contributed by atoms with Crippen LogP contribution >= 0.6 is 0 Å². The van der Waals surface area contributed by atoms with E-state index in [2.05, 4.69) is 20.3 Å². The van der Waals surface area contributed by atoms with Gasteiger partial charge in [-0.3, -0.25) is 0 Å². The molecule has 3 rings (SSSR count). The van der Waals surface area contributed by atoms with Crippen LogP contribution in [0, 0.1) is 0 Å². The number of aromatic nitrogens is 4. The number of rotatable bonds is 3. The maximum absolute atomic E-state index is 13.0. The largest absolute Gasteiger partial charge is 0.478 e. The molecule has 3 aromatic rings. The average molecular weight is 391 g/mol. The Morgan fingerprint density at radius 1 is 0.926 bits per heavy atom. The summed E-state index contributed by atoms with van der Waals surface area (Å²) < 4.78 is 82.5. The predicted octanol–water partition coefficient (Wildman–Crippen LogP) is 4.15. The number of nitrogens with zero attached hydrogens (tertiary/aromatic N) is 4. The minimum Gasteiger partial charge on any atom is -0.478 e. The number of halogens is 6. The number of fused-ring (bicyclic) bond motifs is 1. The van der Waals surface area contributed by atoms with Gasteiger partial charge in [0.05, 0.1) is 12.7 Å². The topological polar surface area (TPSA) is 64.9 Å². The van der Waals surface area contributed by atoms with Crippen LogP contribution in [-0.4, -0.2) is 26.6 Å². The monoisotopic (exact) mass is 391 g/mol. The Morgan fingerprint density at radius 2 is 1.56 bits per heavy atom. The van der Waals surface area contributed by atoms with Crippen LogP contribution in [0.1, 0.15) is 11.4 Å². The molecule has 0 saturated heterocycles. The number of alkyl halides is 6. The SMILES string of the molecule is COc1nc2c(nc1Nc1ccc(C(F)(F)F)cc1)nc(C(F)(F)F)n2C. The Hall–Kier alpha value is -3.05. The summed E-state index contributed by atoms with van der Waals surface area (Å²) in [6.45, 7) is 0. The molecule has 6 nitrogen and oxygen atoms in total. The summed E-state index contributed by atoms with van der Waals surface area (Å²) in [7, 11) is 2.37. The first-order valence-corrected chi connectivity index (χ1v) is 7.30. The fourth-order valence-corrected chi connectivity index (χ4v) is 2.34. The smallest absolute Gasteiger partial charge is 0.449 e. The van der Waals surface area contributed by atoms with Gasteiger partial charge in [-0.25, -0.2) is 9.97 Å². The van der Waals surface area contributed by atoms with Crippen LogP contribution in [0.5, 0.6) is 5.88 Å². The Labute approximate surface area is 147 Å². The molecule has 0 fully saturated rings. The normalized spacial score (nSPS) is 12.4. The summed E-state index contributed by atoms with van der Waals surface area (Å²) in [6, 6.07) is 3.99. The van der Waals surface area contributed by atoms with Crippen molar-refractivity contribution in [1.82, 2.24) is 19.5 Å². The fraction of sp³-hybridized carbons (Fsp3) is 0.267. The average Bonchev–Trinajstić information content (AvgIpc) is 2.90. The summed E-state index contributed by atoms with van der Waals surface area (Å²) in [4.78, 5) is 11.3. The van der Waals surface area contributed by atoms with Gasteiger partial charge in [0, 0.05) is 12.7 Å². The molecule has 0 aliphatic carbocycles. The van der Waals surface area contributed by atoms with Gasteiger partial charge in [0.25, 0.3) is 5.88 Å². The zero-order chi connectivity index (χ0) is 20.0. The van der Waals surface area contributed by atoms with E-state index in [9.17, 15) is 26.3 Å². The zero-order valence-electron chi connectivity index (χ0n) is 13.8. The second-order valence-electron chi connectivity index (χ2n) is 5.42. The first kappa shape index (κ1) is 18.7. The van der Waals surface area contributed by atoms with Gasteiger partial charge in [0.1, 0.15) is 0 Å². The highest BCUT2D eigenvalue weighted by molar-refractivity contribution is 5.73. The lowest BCUT2D eigenvalue weighted by molar-refractivity contribution is -0.146. The number of hydrogen-bond donors (Lipinski definition) is 1. The summed E-state index contributed by atoms with van der Waals surface area (Å²) in [5.74, 6) is -1.41. The van der Waals surface area contributed by atoms with Crippen molar-refractivity contribution in [2.75, 3.05) is 12.4 Å². The molecule has 0 atom stereocenters. The van der Waals surface area contributed by atoms with Crippen LogP contribution in [0.25, 0.3) is 11.3 Å². The molecule has 144 valence electrons. The van der Waals surface area contributed by atoms with Crippen LogP contribution in [0.15, 0.2) is 24.3 Å². The van der Waals surface area contributed by atoms with E-state index in [4.69, 9.17) is 4.74 Å². The number of anilines is 2. The summed E-state index contributed by atoms with van der Waals surface area (Å²) in [5, 5.41) is 2.67. The van der Waals surface area contributed by atoms with Crippen molar-refractivity contribution in [1.29, 1.82) is 0 Å². The highest BCUT2D eigenvalue weighted by Crippen LogP contribution is 2.33. The van der Waals surface area contributed by atoms with Gasteiger partial charge in [0.15, 0.2) is 17.1 Å². The van der Waals surface area contributed by atoms with Crippen molar-refractivity contribution in [2.45, 2.75) is 12.4 Å². The quantitative estimate of drug-likeness (QED) is 0.680. The van der Waals surface area contributed by atoms with Crippen molar-refractivity contribution in [3.8, 4) is 5.88 Å². The van der Waals surface area contributed by atoms with E-state index in [1.807, 2.05) is 0 Å².